The first-order valence-corrected chi connectivity index (χ1v) is 11.6. The van der Waals surface area contributed by atoms with Crippen LogP contribution in [0.3, 0.4) is 0 Å². The van der Waals surface area contributed by atoms with Crippen molar-refractivity contribution in [2.75, 3.05) is 5.32 Å². The highest BCUT2D eigenvalue weighted by Crippen LogP contribution is 2.65. The van der Waals surface area contributed by atoms with E-state index in [-0.39, 0.29) is 23.9 Å². The number of rotatable bonds is 6. The average molecular weight is 525 g/mol. The van der Waals surface area contributed by atoms with Crippen LogP contribution in [0.2, 0.25) is 10.0 Å². The highest BCUT2D eigenvalue weighted by Gasteiger charge is 2.67. The third-order valence-electron chi connectivity index (χ3n) is 5.68. The van der Waals surface area contributed by atoms with E-state index in [0.29, 0.717) is 32.4 Å². The Morgan fingerprint density at radius 3 is 2.24 bits per heavy atom. The highest BCUT2D eigenvalue weighted by molar-refractivity contribution is 6.53. The first-order chi connectivity index (χ1) is 15.6. The van der Waals surface area contributed by atoms with Crippen LogP contribution in [0.1, 0.15) is 33.0 Å². The van der Waals surface area contributed by atoms with Gasteiger partial charge in [0.25, 0.3) is 0 Å². The van der Waals surface area contributed by atoms with Crippen molar-refractivity contribution in [2.24, 2.45) is 5.92 Å². The van der Waals surface area contributed by atoms with Crippen LogP contribution in [0.5, 0.6) is 0 Å². The quantitative estimate of drug-likeness (QED) is 0.270. The molecule has 2 unspecified atom stereocenters. The number of hydrogen-bond acceptors (Lipinski definition) is 2. The third kappa shape index (κ3) is 5.20. The number of anilines is 1. The summed E-state index contributed by atoms with van der Waals surface area (Å²) in [6, 6.07) is 15.8. The molecule has 3 aromatic carbocycles. The van der Waals surface area contributed by atoms with Crippen LogP contribution in [0.15, 0.2) is 60.7 Å². The lowest BCUT2D eigenvalue weighted by Gasteiger charge is -2.11. The van der Waals surface area contributed by atoms with Crippen LogP contribution in [-0.4, -0.2) is 16.0 Å². The molecule has 33 heavy (non-hydrogen) atoms. The molecule has 8 heteroatoms. The Morgan fingerprint density at radius 1 is 0.970 bits per heavy atom. The smallest absolute Gasteiger partial charge is 0.231 e. The number of amides is 1. The van der Waals surface area contributed by atoms with Gasteiger partial charge in [-0.3, -0.25) is 9.59 Å². The van der Waals surface area contributed by atoms with Gasteiger partial charge >= 0.3 is 0 Å². The normalized spacial score (nSPS) is 18.6. The SMILES string of the molecule is Cc1ccc(C(=O)Cc2ccc(F)cc2)cc1NC(=O)C1C(c2cc(Cl)cc(Cl)c2)C1(Cl)Cl. The minimum atomic E-state index is -1.30. The zero-order valence-electron chi connectivity index (χ0n) is 17.3. The van der Waals surface area contributed by atoms with Gasteiger partial charge in [0.2, 0.25) is 5.91 Å². The number of ketones is 1. The summed E-state index contributed by atoms with van der Waals surface area (Å²) in [7, 11) is 0. The lowest BCUT2D eigenvalue weighted by Crippen LogP contribution is -2.18. The van der Waals surface area contributed by atoms with E-state index in [2.05, 4.69) is 5.32 Å². The minimum Gasteiger partial charge on any atom is -0.325 e. The van der Waals surface area contributed by atoms with E-state index in [9.17, 15) is 14.0 Å². The molecule has 1 aliphatic rings. The average Bonchev–Trinajstić information content (AvgIpc) is 3.32. The Kier molecular flexibility index (Phi) is 6.75. The van der Waals surface area contributed by atoms with Gasteiger partial charge in [-0.1, -0.05) is 47.5 Å². The maximum atomic E-state index is 13.1. The van der Waals surface area contributed by atoms with Gasteiger partial charge in [0.1, 0.15) is 10.2 Å². The molecular weight excluding hydrogens is 507 g/mol. The molecule has 4 rings (SSSR count). The zero-order chi connectivity index (χ0) is 23.9. The Balaban J connectivity index is 1.51. The molecular formula is C25H18Cl4FNO2. The second-order valence-electron chi connectivity index (χ2n) is 8.08. The highest BCUT2D eigenvalue weighted by atomic mass is 35.5. The largest absolute Gasteiger partial charge is 0.325 e. The van der Waals surface area contributed by atoms with Gasteiger partial charge in [0.05, 0.1) is 5.92 Å². The van der Waals surface area contributed by atoms with E-state index in [1.54, 1.807) is 48.5 Å². The Morgan fingerprint density at radius 2 is 1.61 bits per heavy atom. The zero-order valence-corrected chi connectivity index (χ0v) is 20.4. The molecule has 1 amide bonds. The summed E-state index contributed by atoms with van der Waals surface area (Å²) in [5.41, 5.74) is 3.07. The van der Waals surface area contributed by atoms with Crippen molar-refractivity contribution in [3.8, 4) is 0 Å². The Bertz CT molecular complexity index is 1220. The summed E-state index contributed by atoms with van der Waals surface area (Å²) in [6.45, 7) is 1.82. The predicted octanol–water partition coefficient (Wildman–Crippen LogP) is 7.39. The molecule has 0 aliphatic heterocycles. The number of alkyl halides is 2. The van der Waals surface area contributed by atoms with Gasteiger partial charge in [-0.25, -0.2) is 4.39 Å². The second kappa shape index (κ2) is 9.27. The number of aryl methyl sites for hydroxylation is 1. The number of halogens is 5. The summed E-state index contributed by atoms with van der Waals surface area (Å²) in [6.07, 6.45) is 0.115. The molecule has 170 valence electrons. The van der Waals surface area contributed by atoms with Crippen LogP contribution in [-0.2, 0) is 11.2 Å². The fraction of sp³-hybridized carbons (Fsp3) is 0.200. The second-order valence-corrected chi connectivity index (χ2v) is 10.4. The van der Waals surface area contributed by atoms with Gasteiger partial charge in [0.15, 0.2) is 5.78 Å². The topological polar surface area (TPSA) is 46.2 Å². The molecule has 1 N–H and O–H groups in total. The molecule has 1 aliphatic carbocycles. The van der Waals surface area contributed by atoms with E-state index in [1.165, 1.54) is 12.1 Å². The molecule has 3 aromatic rings. The molecule has 3 nitrogen and oxygen atoms in total. The van der Waals surface area contributed by atoms with Crippen molar-refractivity contribution >= 4 is 63.8 Å². The van der Waals surface area contributed by atoms with E-state index in [1.807, 2.05) is 6.92 Å². The molecule has 1 saturated carbocycles. The van der Waals surface area contributed by atoms with Crippen LogP contribution >= 0.6 is 46.4 Å². The molecule has 2 atom stereocenters. The number of hydrogen-bond donors (Lipinski definition) is 1. The molecule has 0 radical (unpaired) electrons. The van der Waals surface area contributed by atoms with Crippen molar-refractivity contribution in [1.82, 2.24) is 0 Å². The predicted molar refractivity (Wildman–Crippen MR) is 131 cm³/mol. The molecule has 0 saturated heterocycles. The number of carbonyl (C=O) groups excluding carboxylic acids is 2. The van der Waals surface area contributed by atoms with E-state index in [0.717, 1.165) is 5.56 Å². The Labute approximate surface area is 210 Å². The Hall–Kier alpha value is -2.11. The lowest BCUT2D eigenvalue weighted by molar-refractivity contribution is -0.117. The summed E-state index contributed by atoms with van der Waals surface area (Å²) in [4.78, 5) is 25.8. The maximum Gasteiger partial charge on any atom is 0.231 e. The standard InChI is InChI=1S/C25H18Cl4FNO2/c1-13-2-5-15(21(32)8-14-3-6-19(30)7-4-14)11-20(13)31-24(33)23-22(25(23,28)29)16-9-17(26)12-18(27)10-16/h2-7,9-12,22-23H,8H2,1H3,(H,31,33). The first-order valence-electron chi connectivity index (χ1n) is 10.1. The fourth-order valence-electron chi connectivity index (χ4n) is 3.85. The van der Waals surface area contributed by atoms with Crippen molar-refractivity contribution in [3.05, 3.63) is 98.8 Å². The van der Waals surface area contributed by atoms with Crippen LogP contribution in [0, 0.1) is 18.7 Å². The van der Waals surface area contributed by atoms with Gasteiger partial charge in [-0.2, -0.15) is 0 Å². The lowest BCUT2D eigenvalue weighted by atomic mass is 10.0. The summed E-state index contributed by atoms with van der Waals surface area (Å²) in [5, 5.41) is 3.70. The minimum absolute atomic E-state index is 0.115. The van der Waals surface area contributed by atoms with Crippen LogP contribution < -0.4 is 5.32 Å². The number of Topliss-reactive ketones (excluding diaryl/α,β-unsaturated/α-hetero) is 1. The van der Waals surface area contributed by atoms with E-state index < -0.39 is 16.2 Å². The monoisotopic (exact) mass is 523 g/mol. The van der Waals surface area contributed by atoms with Crippen molar-refractivity contribution in [1.29, 1.82) is 0 Å². The molecule has 0 bridgehead atoms. The number of benzene rings is 3. The maximum absolute atomic E-state index is 13.1. The van der Waals surface area contributed by atoms with Crippen LogP contribution in [0.25, 0.3) is 0 Å². The molecule has 0 heterocycles. The van der Waals surface area contributed by atoms with Gasteiger partial charge in [-0.05, 0) is 60.0 Å². The van der Waals surface area contributed by atoms with Gasteiger partial charge < -0.3 is 5.32 Å². The first kappa shape index (κ1) is 24.0. The molecule has 1 fully saturated rings. The number of nitrogens with one attached hydrogen (secondary N) is 1. The van der Waals surface area contributed by atoms with Crippen molar-refractivity contribution in [3.63, 3.8) is 0 Å². The van der Waals surface area contributed by atoms with E-state index >= 15 is 0 Å². The van der Waals surface area contributed by atoms with Crippen molar-refractivity contribution in [2.45, 2.75) is 23.6 Å². The summed E-state index contributed by atoms with van der Waals surface area (Å²) >= 11 is 25.0. The van der Waals surface area contributed by atoms with Crippen molar-refractivity contribution < 1.29 is 14.0 Å². The fourth-order valence-corrected chi connectivity index (χ4v) is 5.22. The summed E-state index contributed by atoms with van der Waals surface area (Å²) in [5.74, 6) is -2.07. The third-order valence-corrected chi connectivity index (χ3v) is 7.05. The number of carbonyl (C=O) groups is 2. The van der Waals surface area contributed by atoms with Gasteiger partial charge in [0, 0.05) is 33.6 Å². The van der Waals surface area contributed by atoms with E-state index in [4.69, 9.17) is 46.4 Å². The van der Waals surface area contributed by atoms with Gasteiger partial charge in [-0.15, -0.1) is 23.2 Å². The molecule has 0 aromatic heterocycles. The van der Waals surface area contributed by atoms with Crippen LogP contribution in [0.4, 0.5) is 10.1 Å². The molecule has 0 spiro atoms. The summed E-state index contributed by atoms with van der Waals surface area (Å²) < 4.78 is 11.8.